The van der Waals surface area contributed by atoms with E-state index in [4.69, 9.17) is 4.55 Å². The Kier molecular flexibility index (Phi) is 5.54. The summed E-state index contributed by atoms with van der Waals surface area (Å²) in [5.41, 5.74) is 2.74. The first-order chi connectivity index (χ1) is 14.4. The van der Waals surface area contributed by atoms with E-state index in [9.17, 15) is 12.6 Å². The molecule has 0 aliphatic heterocycles. The minimum Gasteiger partial charge on any atom is -0.289 e. The summed E-state index contributed by atoms with van der Waals surface area (Å²) in [6.07, 6.45) is 0. The Morgan fingerprint density at radius 1 is 0.667 bits per heavy atom. The molecular formula is C22H18N2O4S2. The summed E-state index contributed by atoms with van der Waals surface area (Å²) in [5.74, 6) is 0. The van der Waals surface area contributed by atoms with Gasteiger partial charge in [-0.25, -0.2) is 12.6 Å². The Morgan fingerprint density at radius 3 is 1.83 bits per heavy atom. The number of anilines is 2. The minimum atomic E-state index is -3.82. The zero-order valence-corrected chi connectivity index (χ0v) is 17.3. The van der Waals surface area contributed by atoms with Gasteiger partial charge in [0.15, 0.2) is 0 Å². The van der Waals surface area contributed by atoms with E-state index in [2.05, 4.69) is 9.44 Å². The predicted molar refractivity (Wildman–Crippen MR) is 121 cm³/mol. The highest BCUT2D eigenvalue weighted by Gasteiger charge is 2.17. The monoisotopic (exact) mass is 438 g/mol. The van der Waals surface area contributed by atoms with Crippen molar-refractivity contribution in [3.63, 3.8) is 0 Å². The van der Waals surface area contributed by atoms with E-state index in [1.807, 2.05) is 30.3 Å². The largest absolute Gasteiger partial charge is 0.289 e. The third-order valence-electron chi connectivity index (χ3n) is 4.64. The molecule has 0 saturated carbocycles. The smallest absolute Gasteiger partial charge is 0.261 e. The van der Waals surface area contributed by atoms with Crippen LogP contribution in [0.1, 0.15) is 0 Å². The Balaban J connectivity index is 1.67. The molecule has 152 valence electrons. The van der Waals surface area contributed by atoms with Gasteiger partial charge < -0.3 is 0 Å². The van der Waals surface area contributed by atoms with Crippen molar-refractivity contribution in [2.75, 3.05) is 9.44 Å². The van der Waals surface area contributed by atoms with Gasteiger partial charge in [-0.3, -0.25) is 14.0 Å². The molecule has 4 aromatic carbocycles. The summed E-state index contributed by atoms with van der Waals surface area (Å²) < 4.78 is 51.2. The molecule has 0 radical (unpaired) electrons. The first-order valence-corrected chi connectivity index (χ1v) is 11.6. The van der Waals surface area contributed by atoms with Crippen molar-refractivity contribution in [2.45, 2.75) is 4.90 Å². The fourth-order valence-electron chi connectivity index (χ4n) is 3.23. The Bertz CT molecular complexity index is 1320. The molecule has 4 aromatic rings. The quantitative estimate of drug-likeness (QED) is 0.375. The first-order valence-electron chi connectivity index (χ1n) is 9.02. The lowest BCUT2D eigenvalue weighted by Crippen LogP contribution is -2.13. The van der Waals surface area contributed by atoms with Gasteiger partial charge in [0.25, 0.3) is 21.3 Å². The van der Waals surface area contributed by atoms with E-state index < -0.39 is 21.3 Å². The number of rotatable bonds is 6. The standard InChI is InChI=1S/C22H18N2O4S2/c25-29(26)23-21-14-15-22(20-9-5-4-8-19(20)21)24-30(27,28)18-12-10-17(11-13-18)16-6-2-1-3-7-16/h1-15,23-24H,(H,25,26). The molecule has 3 N–H and O–H groups in total. The molecule has 0 fully saturated rings. The lowest BCUT2D eigenvalue weighted by atomic mass is 10.1. The molecule has 4 rings (SSSR count). The van der Waals surface area contributed by atoms with Crippen molar-refractivity contribution in [3.05, 3.63) is 91.0 Å². The average Bonchev–Trinajstić information content (AvgIpc) is 2.76. The van der Waals surface area contributed by atoms with Gasteiger partial charge in [0.1, 0.15) is 0 Å². The van der Waals surface area contributed by atoms with Crippen LogP contribution < -0.4 is 9.44 Å². The molecule has 0 amide bonds. The van der Waals surface area contributed by atoms with Crippen LogP contribution in [0, 0.1) is 0 Å². The summed E-state index contributed by atoms with van der Waals surface area (Å²) in [4.78, 5) is 0.143. The van der Waals surface area contributed by atoms with Crippen LogP contribution in [0.5, 0.6) is 0 Å². The van der Waals surface area contributed by atoms with Crippen LogP contribution in [-0.4, -0.2) is 17.2 Å². The minimum absolute atomic E-state index is 0.143. The van der Waals surface area contributed by atoms with Crippen molar-refractivity contribution in [3.8, 4) is 11.1 Å². The molecule has 0 aliphatic carbocycles. The van der Waals surface area contributed by atoms with E-state index in [1.54, 1.807) is 60.7 Å². The van der Waals surface area contributed by atoms with Crippen LogP contribution in [0.15, 0.2) is 95.9 Å². The molecule has 0 aromatic heterocycles. The average molecular weight is 439 g/mol. The second kappa shape index (κ2) is 8.27. The number of hydrogen-bond donors (Lipinski definition) is 3. The Morgan fingerprint density at radius 2 is 1.20 bits per heavy atom. The number of hydrogen-bond acceptors (Lipinski definition) is 3. The maximum Gasteiger partial charge on any atom is 0.261 e. The lowest BCUT2D eigenvalue weighted by molar-refractivity contribution is 0.570. The maximum atomic E-state index is 12.9. The Labute approximate surface area is 177 Å². The fraction of sp³-hybridized carbons (Fsp3) is 0. The summed E-state index contributed by atoms with van der Waals surface area (Å²) in [5, 5.41) is 1.23. The fourth-order valence-corrected chi connectivity index (χ4v) is 4.68. The highest BCUT2D eigenvalue weighted by atomic mass is 32.2. The molecule has 0 saturated heterocycles. The van der Waals surface area contributed by atoms with E-state index in [-0.39, 0.29) is 4.90 Å². The molecule has 6 nitrogen and oxygen atoms in total. The molecule has 0 spiro atoms. The number of sulfonamides is 1. The van der Waals surface area contributed by atoms with Crippen molar-refractivity contribution < 1.29 is 17.2 Å². The third-order valence-corrected chi connectivity index (χ3v) is 6.41. The summed E-state index contributed by atoms with van der Waals surface area (Å²) >= 11 is -2.23. The van der Waals surface area contributed by atoms with Gasteiger partial charge in [0.2, 0.25) is 0 Å². The molecule has 8 heteroatoms. The Hall–Kier alpha value is -3.20. The normalized spacial score (nSPS) is 12.4. The topological polar surface area (TPSA) is 95.5 Å². The number of benzene rings is 4. The van der Waals surface area contributed by atoms with Crippen LogP contribution in [0.25, 0.3) is 21.9 Å². The van der Waals surface area contributed by atoms with Crippen LogP contribution in [0.4, 0.5) is 11.4 Å². The van der Waals surface area contributed by atoms with Gasteiger partial charge in [-0.15, -0.1) is 0 Å². The third kappa shape index (κ3) is 4.20. The van der Waals surface area contributed by atoms with E-state index in [0.29, 0.717) is 22.1 Å². The molecule has 1 atom stereocenters. The van der Waals surface area contributed by atoms with Gasteiger partial charge in [0.05, 0.1) is 16.3 Å². The van der Waals surface area contributed by atoms with Crippen LogP contribution in [0.2, 0.25) is 0 Å². The van der Waals surface area contributed by atoms with Gasteiger partial charge in [0, 0.05) is 10.8 Å². The van der Waals surface area contributed by atoms with Crippen molar-refractivity contribution >= 4 is 43.4 Å². The summed E-state index contributed by atoms with van der Waals surface area (Å²) in [6.45, 7) is 0. The van der Waals surface area contributed by atoms with Crippen LogP contribution in [0.3, 0.4) is 0 Å². The van der Waals surface area contributed by atoms with E-state index in [0.717, 1.165) is 11.1 Å². The highest BCUT2D eigenvalue weighted by Crippen LogP contribution is 2.32. The van der Waals surface area contributed by atoms with Gasteiger partial charge in [-0.05, 0) is 35.4 Å². The molecule has 0 aliphatic rings. The van der Waals surface area contributed by atoms with Crippen LogP contribution >= 0.6 is 0 Å². The van der Waals surface area contributed by atoms with Crippen LogP contribution in [-0.2, 0) is 21.3 Å². The van der Waals surface area contributed by atoms with Gasteiger partial charge in [-0.1, -0.05) is 66.7 Å². The first kappa shape index (κ1) is 20.1. The van der Waals surface area contributed by atoms with Gasteiger partial charge >= 0.3 is 0 Å². The molecule has 0 heterocycles. The van der Waals surface area contributed by atoms with E-state index in [1.165, 1.54) is 0 Å². The summed E-state index contributed by atoms with van der Waals surface area (Å²) in [7, 11) is -3.82. The SMILES string of the molecule is O=S(O)Nc1ccc(NS(=O)(=O)c2ccc(-c3ccccc3)cc2)c2ccccc12. The van der Waals surface area contributed by atoms with Crippen molar-refractivity contribution in [1.82, 2.24) is 0 Å². The number of nitrogens with one attached hydrogen (secondary N) is 2. The predicted octanol–water partition coefficient (Wildman–Crippen LogP) is 4.86. The zero-order valence-electron chi connectivity index (χ0n) is 15.6. The number of fused-ring (bicyclic) bond motifs is 1. The molecule has 1 unspecified atom stereocenters. The second-order valence-corrected chi connectivity index (χ2v) is 8.94. The second-order valence-electron chi connectivity index (χ2n) is 6.55. The lowest BCUT2D eigenvalue weighted by Gasteiger charge is -2.14. The maximum absolute atomic E-state index is 12.9. The van der Waals surface area contributed by atoms with Crippen molar-refractivity contribution in [1.29, 1.82) is 0 Å². The highest BCUT2D eigenvalue weighted by molar-refractivity contribution is 7.92. The van der Waals surface area contributed by atoms with Gasteiger partial charge in [-0.2, -0.15) is 0 Å². The molecule has 30 heavy (non-hydrogen) atoms. The zero-order chi connectivity index (χ0) is 21.1. The van der Waals surface area contributed by atoms with Crippen molar-refractivity contribution in [2.24, 2.45) is 0 Å². The molecule has 0 bridgehead atoms. The molecular weight excluding hydrogens is 420 g/mol. The van der Waals surface area contributed by atoms with E-state index >= 15 is 0 Å². The summed E-state index contributed by atoms with van der Waals surface area (Å²) in [6, 6.07) is 26.5.